The van der Waals surface area contributed by atoms with Gasteiger partial charge in [0.25, 0.3) is 0 Å². The molecule has 1 aliphatic carbocycles. The minimum absolute atomic E-state index is 0.228. The van der Waals surface area contributed by atoms with Crippen molar-refractivity contribution in [1.29, 1.82) is 0 Å². The van der Waals surface area contributed by atoms with E-state index in [0.717, 1.165) is 17.9 Å². The molecule has 16 heavy (non-hydrogen) atoms. The van der Waals surface area contributed by atoms with Crippen LogP contribution in [0.1, 0.15) is 24.8 Å². The van der Waals surface area contributed by atoms with Crippen molar-refractivity contribution in [3.8, 4) is 5.75 Å². The summed E-state index contributed by atoms with van der Waals surface area (Å²) in [6.07, 6.45) is 3.76. The van der Waals surface area contributed by atoms with Gasteiger partial charge in [-0.3, -0.25) is 0 Å². The molecule has 0 unspecified atom stereocenters. The van der Waals surface area contributed by atoms with Gasteiger partial charge in [-0.05, 0) is 37.1 Å². The summed E-state index contributed by atoms with van der Waals surface area (Å²) >= 11 is 0. The molecule has 0 spiro atoms. The third kappa shape index (κ3) is 3.49. The average molecular weight is 223 g/mol. The molecule has 0 radical (unpaired) electrons. The van der Waals surface area contributed by atoms with Gasteiger partial charge in [0.2, 0.25) is 0 Å². The molecule has 1 N–H and O–H groups in total. The maximum atomic E-state index is 13.2. The molecule has 1 aromatic carbocycles. The van der Waals surface area contributed by atoms with E-state index >= 15 is 0 Å². The second-order valence-electron chi connectivity index (χ2n) is 4.41. The summed E-state index contributed by atoms with van der Waals surface area (Å²) in [6.45, 7) is 1.36. The molecular weight excluding hydrogens is 205 g/mol. The first-order valence-corrected chi connectivity index (χ1v) is 5.85. The van der Waals surface area contributed by atoms with Crippen molar-refractivity contribution >= 4 is 0 Å². The molecule has 0 aromatic heterocycles. The highest BCUT2D eigenvalue weighted by Gasteiger charge is 2.20. The Morgan fingerprint density at radius 3 is 2.88 bits per heavy atom. The molecule has 2 rings (SSSR count). The Kier molecular flexibility index (Phi) is 3.78. The molecule has 0 saturated heterocycles. The van der Waals surface area contributed by atoms with Gasteiger partial charge in [-0.25, -0.2) is 4.39 Å². The highest BCUT2D eigenvalue weighted by atomic mass is 19.1. The van der Waals surface area contributed by atoms with Crippen molar-refractivity contribution < 1.29 is 9.13 Å². The van der Waals surface area contributed by atoms with Crippen molar-refractivity contribution in [3.63, 3.8) is 0 Å². The molecule has 0 bridgehead atoms. The molecule has 88 valence electrons. The Morgan fingerprint density at radius 1 is 1.38 bits per heavy atom. The van der Waals surface area contributed by atoms with Crippen LogP contribution in [0.3, 0.4) is 0 Å². The Bertz CT molecular complexity index is 350. The molecule has 0 amide bonds. The first-order chi connectivity index (χ1) is 7.78. The Labute approximate surface area is 95.8 Å². The number of ether oxygens (including phenoxy) is 1. The van der Waals surface area contributed by atoms with Gasteiger partial charge in [0.05, 0.1) is 6.61 Å². The zero-order valence-electron chi connectivity index (χ0n) is 9.63. The van der Waals surface area contributed by atoms with E-state index in [2.05, 4.69) is 5.32 Å². The maximum absolute atomic E-state index is 13.2. The Balaban J connectivity index is 1.90. The molecule has 1 fully saturated rings. The van der Waals surface area contributed by atoms with Gasteiger partial charge in [-0.15, -0.1) is 0 Å². The van der Waals surface area contributed by atoms with E-state index in [9.17, 15) is 4.39 Å². The number of halogens is 1. The van der Waals surface area contributed by atoms with E-state index in [1.807, 2.05) is 13.1 Å². The summed E-state index contributed by atoms with van der Waals surface area (Å²) in [5, 5.41) is 3.00. The fraction of sp³-hybridized carbons (Fsp3) is 0.538. The lowest BCUT2D eigenvalue weighted by Gasteiger charge is -2.08. The topological polar surface area (TPSA) is 21.3 Å². The number of hydrogen-bond donors (Lipinski definition) is 1. The highest BCUT2D eigenvalue weighted by Crippen LogP contribution is 2.32. The monoisotopic (exact) mass is 223 g/mol. The van der Waals surface area contributed by atoms with E-state index in [4.69, 9.17) is 4.74 Å². The van der Waals surface area contributed by atoms with E-state index in [-0.39, 0.29) is 5.82 Å². The van der Waals surface area contributed by atoms with Gasteiger partial charge in [-0.2, -0.15) is 0 Å². The Hall–Kier alpha value is -1.09. The van der Waals surface area contributed by atoms with Crippen LogP contribution in [0.2, 0.25) is 0 Å². The molecular formula is C13H18FNO. The minimum Gasteiger partial charge on any atom is -0.493 e. The quantitative estimate of drug-likeness (QED) is 0.800. The van der Waals surface area contributed by atoms with Gasteiger partial charge in [0.15, 0.2) is 0 Å². The number of hydrogen-bond acceptors (Lipinski definition) is 2. The molecule has 2 nitrogen and oxygen atoms in total. The standard InChI is InChI=1S/C13H18FNO/c1-15-9-11-6-12(14)8-13(7-11)16-5-4-10-2-3-10/h6-8,10,15H,2-5,9H2,1H3. The molecule has 0 heterocycles. The Morgan fingerprint density at radius 2 is 2.19 bits per heavy atom. The van der Waals surface area contributed by atoms with Crippen molar-refractivity contribution in [3.05, 3.63) is 29.6 Å². The second-order valence-corrected chi connectivity index (χ2v) is 4.41. The van der Waals surface area contributed by atoms with Crippen molar-refractivity contribution in [1.82, 2.24) is 5.32 Å². The van der Waals surface area contributed by atoms with E-state index in [1.54, 1.807) is 0 Å². The van der Waals surface area contributed by atoms with Crippen LogP contribution in [0.25, 0.3) is 0 Å². The predicted molar refractivity (Wildman–Crippen MR) is 62.0 cm³/mol. The van der Waals surface area contributed by atoms with Crippen molar-refractivity contribution in [2.75, 3.05) is 13.7 Å². The van der Waals surface area contributed by atoms with Crippen LogP contribution in [0, 0.1) is 11.7 Å². The maximum Gasteiger partial charge on any atom is 0.127 e. The van der Waals surface area contributed by atoms with Gasteiger partial charge < -0.3 is 10.1 Å². The molecule has 0 atom stereocenters. The predicted octanol–water partition coefficient (Wildman–Crippen LogP) is 2.72. The fourth-order valence-corrected chi connectivity index (χ4v) is 1.76. The SMILES string of the molecule is CNCc1cc(F)cc(OCCC2CC2)c1. The first kappa shape index (κ1) is 11.4. The van der Waals surface area contributed by atoms with E-state index < -0.39 is 0 Å². The van der Waals surface area contributed by atoms with Gasteiger partial charge >= 0.3 is 0 Å². The third-order valence-corrected chi connectivity index (χ3v) is 2.80. The van der Waals surface area contributed by atoms with Crippen molar-refractivity contribution in [2.45, 2.75) is 25.8 Å². The number of benzene rings is 1. The van der Waals surface area contributed by atoms with Gasteiger partial charge in [-0.1, -0.05) is 12.8 Å². The van der Waals surface area contributed by atoms with Crippen LogP contribution in [0.15, 0.2) is 18.2 Å². The lowest BCUT2D eigenvalue weighted by atomic mass is 10.2. The summed E-state index contributed by atoms with van der Waals surface area (Å²) in [5.74, 6) is 1.27. The summed E-state index contributed by atoms with van der Waals surface area (Å²) in [4.78, 5) is 0. The number of rotatable bonds is 6. The molecule has 0 aliphatic heterocycles. The van der Waals surface area contributed by atoms with Crippen LogP contribution >= 0.6 is 0 Å². The summed E-state index contributed by atoms with van der Waals surface area (Å²) in [5.41, 5.74) is 0.920. The van der Waals surface area contributed by atoms with Gasteiger partial charge in [0, 0.05) is 12.6 Å². The lowest BCUT2D eigenvalue weighted by Crippen LogP contribution is -2.06. The van der Waals surface area contributed by atoms with E-state index in [1.165, 1.54) is 25.0 Å². The zero-order valence-corrected chi connectivity index (χ0v) is 9.63. The molecule has 1 aliphatic rings. The highest BCUT2D eigenvalue weighted by molar-refractivity contribution is 5.29. The lowest BCUT2D eigenvalue weighted by molar-refractivity contribution is 0.300. The van der Waals surface area contributed by atoms with Crippen LogP contribution in [-0.4, -0.2) is 13.7 Å². The van der Waals surface area contributed by atoms with Crippen LogP contribution in [-0.2, 0) is 6.54 Å². The summed E-state index contributed by atoms with van der Waals surface area (Å²) in [7, 11) is 1.85. The number of nitrogens with one attached hydrogen (secondary N) is 1. The minimum atomic E-state index is -0.228. The second kappa shape index (κ2) is 5.30. The smallest absolute Gasteiger partial charge is 0.127 e. The third-order valence-electron chi connectivity index (χ3n) is 2.80. The van der Waals surface area contributed by atoms with Crippen LogP contribution in [0.4, 0.5) is 4.39 Å². The van der Waals surface area contributed by atoms with E-state index in [0.29, 0.717) is 18.9 Å². The molecule has 1 aromatic rings. The largest absolute Gasteiger partial charge is 0.493 e. The molecule has 3 heteroatoms. The normalized spacial score (nSPS) is 15.1. The zero-order chi connectivity index (χ0) is 11.4. The summed E-state index contributed by atoms with van der Waals surface area (Å²) in [6, 6.07) is 4.88. The van der Waals surface area contributed by atoms with Crippen LogP contribution < -0.4 is 10.1 Å². The van der Waals surface area contributed by atoms with Gasteiger partial charge in [0.1, 0.15) is 11.6 Å². The fourth-order valence-electron chi connectivity index (χ4n) is 1.76. The summed E-state index contributed by atoms with van der Waals surface area (Å²) < 4.78 is 18.8. The molecule has 1 saturated carbocycles. The first-order valence-electron chi connectivity index (χ1n) is 5.85. The average Bonchev–Trinajstić information content (AvgIpc) is 3.01. The van der Waals surface area contributed by atoms with Crippen molar-refractivity contribution in [2.24, 2.45) is 5.92 Å². The van der Waals surface area contributed by atoms with Crippen LogP contribution in [0.5, 0.6) is 5.75 Å².